The third kappa shape index (κ3) is 1.70. The zero-order chi connectivity index (χ0) is 10.1. The van der Waals surface area contributed by atoms with Crippen LogP contribution < -0.4 is 5.32 Å². The van der Waals surface area contributed by atoms with E-state index in [0.717, 1.165) is 16.7 Å². The molecule has 0 bridgehead atoms. The SMILES string of the molecule is Cc1ccc2oc(NC(C)O)nc2c1. The number of aliphatic hydroxyl groups excluding tert-OH is 1. The Morgan fingerprint density at radius 3 is 3.00 bits per heavy atom. The quantitative estimate of drug-likeness (QED) is 0.713. The Bertz CT molecular complexity index is 448. The van der Waals surface area contributed by atoms with E-state index in [2.05, 4.69) is 10.3 Å². The van der Waals surface area contributed by atoms with Crippen LogP contribution in [0.15, 0.2) is 22.6 Å². The Labute approximate surface area is 81.6 Å². The van der Waals surface area contributed by atoms with E-state index in [1.54, 1.807) is 6.92 Å². The molecule has 1 unspecified atom stereocenters. The summed E-state index contributed by atoms with van der Waals surface area (Å²) in [5.41, 5.74) is 2.65. The number of nitrogens with zero attached hydrogens (tertiary/aromatic N) is 1. The van der Waals surface area contributed by atoms with Gasteiger partial charge < -0.3 is 14.8 Å². The van der Waals surface area contributed by atoms with Crippen molar-refractivity contribution in [2.45, 2.75) is 20.1 Å². The minimum absolute atomic E-state index is 0.348. The molecule has 0 spiro atoms. The van der Waals surface area contributed by atoms with Gasteiger partial charge in [-0.1, -0.05) is 6.07 Å². The van der Waals surface area contributed by atoms with Crippen LogP contribution in [0.25, 0.3) is 11.1 Å². The molecule has 0 aliphatic carbocycles. The molecular weight excluding hydrogens is 180 g/mol. The summed E-state index contributed by atoms with van der Waals surface area (Å²) in [4.78, 5) is 4.18. The normalized spacial score (nSPS) is 13.1. The molecule has 0 aliphatic heterocycles. The molecule has 2 aromatic rings. The Morgan fingerprint density at radius 2 is 2.29 bits per heavy atom. The van der Waals surface area contributed by atoms with Crippen LogP contribution in [0.2, 0.25) is 0 Å². The molecule has 1 aromatic carbocycles. The highest BCUT2D eigenvalue weighted by molar-refractivity contribution is 5.75. The van der Waals surface area contributed by atoms with Gasteiger partial charge in [-0.15, -0.1) is 0 Å². The lowest BCUT2D eigenvalue weighted by Crippen LogP contribution is -2.13. The lowest BCUT2D eigenvalue weighted by molar-refractivity contribution is 0.220. The number of benzene rings is 1. The van der Waals surface area contributed by atoms with Crippen LogP contribution in [0.1, 0.15) is 12.5 Å². The number of rotatable bonds is 2. The maximum atomic E-state index is 9.07. The summed E-state index contributed by atoms with van der Waals surface area (Å²) >= 11 is 0. The van der Waals surface area contributed by atoms with Crippen molar-refractivity contribution in [2.75, 3.05) is 5.32 Å². The number of nitrogens with one attached hydrogen (secondary N) is 1. The van der Waals surface area contributed by atoms with Crippen molar-refractivity contribution in [1.29, 1.82) is 0 Å². The van der Waals surface area contributed by atoms with Gasteiger partial charge in [-0.3, -0.25) is 0 Å². The summed E-state index contributed by atoms with van der Waals surface area (Å²) in [6, 6.07) is 6.11. The van der Waals surface area contributed by atoms with Crippen molar-refractivity contribution in [1.82, 2.24) is 4.98 Å². The van der Waals surface area contributed by atoms with Crippen LogP contribution in [0.3, 0.4) is 0 Å². The van der Waals surface area contributed by atoms with E-state index in [1.807, 2.05) is 25.1 Å². The van der Waals surface area contributed by atoms with Gasteiger partial charge in [0.1, 0.15) is 11.7 Å². The van der Waals surface area contributed by atoms with Gasteiger partial charge in [-0.2, -0.15) is 4.98 Å². The van der Waals surface area contributed by atoms with E-state index < -0.39 is 6.23 Å². The molecule has 74 valence electrons. The second-order valence-electron chi connectivity index (χ2n) is 3.31. The summed E-state index contributed by atoms with van der Waals surface area (Å²) in [7, 11) is 0. The van der Waals surface area contributed by atoms with Crippen molar-refractivity contribution < 1.29 is 9.52 Å². The molecule has 2 rings (SSSR count). The number of hydrogen-bond acceptors (Lipinski definition) is 4. The monoisotopic (exact) mass is 192 g/mol. The van der Waals surface area contributed by atoms with Crippen molar-refractivity contribution in [3.05, 3.63) is 23.8 Å². The first-order chi connectivity index (χ1) is 6.65. The summed E-state index contributed by atoms with van der Waals surface area (Å²) < 4.78 is 5.35. The third-order valence-corrected chi connectivity index (χ3v) is 1.88. The van der Waals surface area contributed by atoms with Crippen LogP contribution in [0, 0.1) is 6.92 Å². The fraction of sp³-hybridized carbons (Fsp3) is 0.300. The standard InChI is InChI=1S/C10H12N2O2/c1-6-3-4-9-8(5-6)12-10(14-9)11-7(2)13/h3-5,7,13H,1-2H3,(H,11,12). The van der Waals surface area contributed by atoms with Gasteiger partial charge in [0, 0.05) is 0 Å². The fourth-order valence-electron chi connectivity index (χ4n) is 1.28. The molecular formula is C10H12N2O2. The second-order valence-corrected chi connectivity index (χ2v) is 3.31. The van der Waals surface area contributed by atoms with Gasteiger partial charge >= 0.3 is 0 Å². The van der Waals surface area contributed by atoms with E-state index in [4.69, 9.17) is 9.52 Å². The zero-order valence-corrected chi connectivity index (χ0v) is 8.11. The van der Waals surface area contributed by atoms with E-state index in [9.17, 15) is 0 Å². The lowest BCUT2D eigenvalue weighted by Gasteiger charge is -2.01. The number of aliphatic hydroxyl groups is 1. The first-order valence-corrected chi connectivity index (χ1v) is 4.47. The largest absolute Gasteiger partial charge is 0.424 e. The van der Waals surface area contributed by atoms with Gasteiger partial charge in [0.25, 0.3) is 6.01 Å². The number of hydrogen-bond donors (Lipinski definition) is 2. The maximum absolute atomic E-state index is 9.07. The predicted octanol–water partition coefficient (Wildman–Crippen LogP) is 1.89. The molecule has 14 heavy (non-hydrogen) atoms. The number of aromatic nitrogens is 1. The average Bonchev–Trinajstić information content (AvgIpc) is 2.44. The van der Waals surface area contributed by atoms with Crippen LogP contribution in [0.4, 0.5) is 6.01 Å². The highest BCUT2D eigenvalue weighted by Crippen LogP contribution is 2.19. The second kappa shape index (κ2) is 3.31. The van der Waals surface area contributed by atoms with Gasteiger partial charge in [-0.25, -0.2) is 0 Å². The summed E-state index contributed by atoms with van der Waals surface area (Å²) in [5, 5.41) is 11.8. The van der Waals surface area contributed by atoms with E-state index in [1.165, 1.54) is 0 Å². The van der Waals surface area contributed by atoms with Gasteiger partial charge in [-0.05, 0) is 31.5 Å². The van der Waals surface area contributed by atoms with Crippen LogP contribution in [-0.4, -0.2) is 16.3 Å². The Kier molecular flexibility index (Phi) is 2.13. The minimum atomic E-state index is -0.663. The molecule has 1 heterocycles. The molecule has 1 atom stereocenters. The van der Waals surface area contributed by atoms with Crippen molar-refractivity contribution in [2.24, 2.45) is 0 Å². The van der Waals surface area contributed by atoms with Gasteiger partial charge in [0.15, 0.2) is 5.58 Å². The third-order valence-electron chi connectivity index (χ3n) is 1.88. The molecule has 4 nitrogen and oxygen atoms in total. The number of fused-ring (bicyclic) bond motifs is 1. The summed E-state index contributed by atoms with van der Waals surface area (Å²) in [6.45, 7) is 3.61. The van der Waals surface area contributed by atoms with Crippen molar-refractivity contribution in [3.8, 4) is 0 Å². The van der Waals surface area contributed by atoms with Crippen molar-refractivity contribution in [3.63, 3.8) is 0 Å². The molecule has 0 fully saturated rings. The Hall–Kier alpha value is -1.55. The van der Waals surface area contributed by atoms with E-state index in [0.29, 0.717) is 6.01 Å². The summed E-state index contributed by atoms with van der Waals surface area (Å²) in [6.07, 6.45) is -0.663. The Balaban J connectivity index is 2.41. The highest BCUT2D eigenvalue weighted by atomic mass is 16.4. The zero-order valence-electron chi connectivity index (χ0n) is 8.11. The van der Waals surface area contributed by atoms with Crippen LogP contribution in [-0.2, 0) is 0 Å². The first kappa shape index (κ1) is 9.02. The fourth-order valence-corrected chi connectivity index (χ4v) is 1.28. The molecule has 0 aliphatic rings. The molecule has 0 amide bonds. The van der Waals surface area contributed by atoms with Crippen LogP contribution in [0.5, 0.6) is 0 Å². The smallest absolute Gasteiger partial charge is 0.297 e. The number of anilines is 1. The van der Waals surface area contributed by atoms with Crippen molar-refractivity contribution >= 4 is 17.1 Å². The topological polar surface area (TPSA) is 58.3 Å². The molecule has 1 aromatic heterocycles. The first-order valence-electron chi connectivity index (χ1n) is 4.47. The molecule has 0 saturated carbocycles. The van der Waals surface area contributed by atoms with Gasteiger partial charge in [0.05, 0.1) is 0 Å². The lowest BCUT2D eigenvalue weighted by atomic mass is 10.2. The molecule has 0 radical (unpaired) electrons. The van der Waals surface area contributed by atoms with Crippen LogP contribution >= 0.6 is 0 Å². The predicted molar refractivity (Wildman–Crippen MR) is 54.0 cm³/mol. The highest BCUT2D eigenvalue weighted by Gasteiger charge is 2.06. The maximum Gasteiger partial charge on any atom is 0.297 e. The molecule has 4 heteroatoms. The number of aryl methyl sites for hydroxylation is 1. The van der Waals surface area contributed by atoms with Gasteiger partial charge in [0.2, 0.25) is 0 Å². The Morgan fingerprint density at radius 1 is 1.50 bits per heavy atom. The molecule has 0 saturated heterocycles. The van der Waals surface area contributed by atoms with E-state index >= 15 is 0 Å². The minimum Gasteiger partial charge on any atom is -0.424 e. The number of oxazole rings is 1. The molecule has 2 N–H and O–H groups in total. The average molecular weight is 192 g/mol. The van der Waals surface area contributed by atoms with E-state index in [-0.39, 0.29) is 0 Å². The summed E-state index contributed by atoms with van der Waals surface area (Å²) in [5.74, 6) is 0.